The molecule has 2 heterocycles. The van der Waals surface area contributed by atoms with E-state index in [4.69, 9.17) is 10.5 Å². The largest absolute Gasteiger partial charge is 0.403 e. The Morgan fingerprint density at radius 2 is 2.35 bits per heavy atom. The van der Waals surface area contributed by atoms with Crippen LogP contribution in [0.25, 0.3) is 12.3 Å². The summed E-state index contributed by atoms with van der Waals surface area (Å²) in [7, 11) is 0. The fourth-order valence-corrected chi connectivity index (χ4v) is 2.50. The van der Waals surface area contributed by atoms with E-state index in [9.17, 15) is 10.1 Å². The molecular formula is C14H18N4O2. The molecule has 0 amide bonds. The fraction of sp³-hybridized carbons (Fsp3) is 0.429. The Labute approximate surface area is 116 Å². The molecule has 1 saturated heterocycles. The molecule has 2 rings (SSSR count). The van der Waals surface area contributed by atoms with Crippen molar-refractivity contribution >= 4 is 18.0 Å². The molecule has 0 aliphatic carbocycles. The normalized spacial score (nSPS) is 21.1. The van der Waals surface area contributed by atoms with Gasteiger partial charge in [0.15, 0.2) is 0 Å². The minimum absolute atomic E-state index is 0.0598. The van der Waals surface area contributed by atoms with E-state index >= 15 is 0 Å². The molecule has 0 radical (unpaired) electrons. The third-order valence-corrected chi connectivity index (χ3v) is 3.38. The number of nitrogens with zero attached hydrogens (tertiary/aromatic N) is 2. The van der Waals surface area contributed by atoms with Crippen LogP contribution in [0.3, 0.4) is 0 Å². The maximum absolute atomic E-state index is 12.0. The zero-order valence-electron chi connectivity index (χ0n) is 11.6. The van der Waals surface area contributed by atoms with E-state index in [2.05, 4.69) is 4.98 Å². The van der Waals surface area contributed by atoms with Crippen LogP contribution in [-0.2, 0) is 4.74 Å². The number of rotatable bonds is 1. The van der Waals surface area contributed by atoms with Gasteiger partial charge in [-0.2, -0.15) is 5.26 Å². The third-order valence-electron chi connectivity index (χ3n) is 3.38. The maximum atomic E-state index is 12.0. The number of nitrogens with two attached hydrogens (primary N) is 1. The van der Waals surface area contributed by atoms with Gasteiger partial charge in [-0.15, -0.1) is 0 Å². The Bertz CT molecular complexity index is 714. The van der Waals surface area contributed by atoms with Crippen LogP contribution in [0.5, 0.6) is 0 Å². The van der Waals surface area contributed by atoms with Crippen LogP contribution >= 0.6 is 0 Å². The summed E-state index contributed by atoms with van der Waals surface area (Å²) in [6, 6.07) is 2.00. The van der Waals surface area contributed by atoms with Crippen LogP contribution < -0.4 is 26.8 Å². The van der Waals surface area contributed by atoms with E-state index in [-0.39, 0.29) is 11.7 Å². The van der Waals surface area contributed by atoms with Crippen molar-refractivity contribution in [3.8, 4) is 6.07 Å². The number of hydrogen-bond acceptors (Lipinski definition) is 5. The summed E-state index contributed by atoms with van der Waals surface area (Å²) in [5, 5.41) is 10.6. The number of pyridine rings is 1. The summed E-state index contributed by atoms with van der Waals surface area (Å²) < 4.78 is 5.51. The molecule has 20 heavy (non-hydrogen) atoms. The highest BCUT2D eigenvalue weighted by atomic mass is 16.5. The number of aromatic nitrogens is 1. The molecule has 0 bridgehead atoms. The van der Waals surface area contributed by atoms with Gasteiger partial charge < -0.3 is 20.4 Å². The van der Waals surface area contributed by atoms with E-state index in [0.29, 0.717) is 30.7 Å². The molecule has 0 aromatic carbocycles. The zero-order valence-corrected chi connectivity index (χ0v) is 11.6. The van der Waals surface area contributed by atoms with E-state index in [1.807, 2.05) is 30.9 Å². The number of morpholine rings is 1. The lowest BCUT2D eigenvalue weighted by atomic mass is 10.1. The predicted molar refractivity (Wildman–Crippen MR) is 77.4 cm³/mol. The van der Waals surface area contributed by atoms with E-state index in [0.717, 1.165) is 5.22 Å². The number of nitriles is 1. The van der Waals surface area contributed by atoms with Gasteiger partial charge in [-0.1, -0.05) is 6.08 Å². The molecule has 0 unspecified atom stereocenters. The molecule has 1 atom stereocenters. The Hall–Kier alpha value is -2.26. The first-order valence-electron chi connectivity index (χ1n) is 6.53. The second-order valence-electron chi connectivity index (χ2n) is 4.70. The Morgan fingerprint density at radius 3 is 2.90 bits per heavy atom. The zero-order chi connectivity index (χ0) is 14.7. The molecule has 0 saturated carbocycles. The molecule has 1 aromatic heterocycles. The average molecular weight is 274 g/mol. The SMILES string of the molecule is C/C=c1/c(N2CCO[C@H](C)C2)c(C#N)c(=O)[nH]/c1=C/N. The van der Waals surface area contributed by atoms with Crippen molar-refractivity contribution in [1.29, 1.82) is 5.26 Å². The fourth-order valence-electron chi connectivity index (χ4n) is 2.50. The van der Waals surface area contributed by atoms with Crippen molar-refractivity contribution in [2.75, 3.05) is 24.6 Å². The van der Waals surface area contributed by atoms with E-state index in [1.54, 1.807) is 0 Å². The van der Waals surface area contributed by atoms with Crippen molar-refractivity contribution in [2.45, 2.75) is 20.0 Å². The average Bonchev–Trinajstić information content (AvgIpc) is 2.45. The quantitative estimate of drug-likeness (QED) is 0.682. The Kier molecular flexibility index (Phi) is 4.11. The van der Waals surface area contributed by atoms with Gasteiger partial charge in [0.05, 0.1) is 23.7 Å². The summed E-state index contributed by atoms with van der Waals surface area (Å²) in [5.41, 5.74) is 5.93. The highest BCUT2D eigenvalue weighted by molar-refractivity contribution is 5.61. The first-order valence-corrected chi connectivity index (χ1v) is 6.53. The van der Waals surface area contributed by atoms with Crippen molar-refractivity contribution < 1.29 is 4.74 Å². The summed E-state index contributed by atoms with van der Waals surface area (Å²) in [5.74, 6) is 0. The number of aromatic amines is 1. The van der Waals surface area contributed by atoms with Crippen molar-refractivity contribution in [2.24, 2.45) is 5.73 Å². The van der Waals surface area contributed by atoms with Crippen molar-refractivity contribution in [3.63, 3.8) is 0 Å². The van der Waals surface area contributed by atoms with E-state index in [1.165, 1.54) is 6.20 Å². The maximum Gasteiger partial charge on any atom is 0.268 e. The minimum atomic E-state index is -0.413. The van der Waals surface area contributed by atoms with Gasteiger partial charge in [-0.3, -0.25) is 4.79 Å². The van der Waals surface area contributed by atoms with Crippen molar-refractivity contribution in [1.82, 2.24) is 4.98 Å². The number of hydrogen-bond donors (Lipinski definition) is 2. The van der Waals surface area contributed by atoms with Gasteiger partial charge in [-0.05, 0) is 13.8 Å². The molecule has 0 spiro atoms. The van der Waals surface area contributed by atoms with Gasteiger partial charge in [-0.25, -0.2) is 0 Å². The molecule has 1 aliphatic heterocycles. The first-order chi connectivity index (χ1) is 9.62. The smallest absolute Gasteiger partial charge is 0.268 e. The first kappa shape index (κ1) is 14.2. The molecule has 1 aliphatic rings. The lowest BCUT2D eigenvalue weighted by Gasteiger charge is -2.33. The van der Waals surface area contributed by atoms with Crippen LogP contribution in [0.4, 0.5) is 5.69 Å². The highest BCUT2D eigenvalue weighted by Gasteiger charge is 2.22. The minimum Gasteiger partial charge on any atom is -0.403 e. The molecule has 6 nitrogen and oxygen atoms in total. The van der Waals surface area contributed by atoms with Gasteiger partial charge in [0.25, 0.3) is 5.56 Å². The number of ether oxygens (including phenoxy) is 1. The van der Waals surface area contributed by atoms with Crippen LogP contribution in [0, 0.1) is 11.3 Å². The van der Waals surface area contributed by atoms with Crippen LogP contribution in [0.2, 0.25) is 0 Å². The Balaban J connectivity index is 2.76. The second-order valence-corrected chi connectivity index (χ2v) is 4.70. The molecule has 106 valence electrons. The molecular weight excluding hydrogens is 256 g/mol. The van der Waals surface area contributed by atoms with Gasteiger partial charge in [0, 0.05) is 24.5 Å². The summed E-state index contributed by atoms with van der Waals surface area (Å²) in [6.07, 6.45) is 3.26. The predicted octanol–water partition coefficient (Wildman–Crippen LogP) is -1.03. The van der Waals surface area contributed by atoms with Crippen LogP contribution in [0.1, 0.15) is 19.4 Å². The number of H-pyrrole nitrogens is 1. The summed E-state index contributed by atoms with van der Waals surface area (Å²) >= 11 is 0. The molecule has 1 fully saturated rings. The monoisotopic (exact) mass is 274 g/mol. The van der Waals surface area contributed by atoms with E-state index < -0.39 is 5.56 Å². The van der Waals surface area contributed by atoms with Crippen LogP contribution in [0.15, 0.2) is 4.79 Å². The lowest BCUT2D eigenvalue weighted by molar-refractivity contribution is 0.0531. The Morgan fingerprint density at radius 1 is 1.60 bits per heavy atom. The number of nitrogens with one attached hydrogen (secondary N) is 1. The lowest BCUT2D eigenvalue weighted by Crippen LogP contribution is -2.48. The summed E-state index contributed by atoms with van der Waals surface area (Å²) in [4.78, 5) is 16.7. The summed E-state index contributed by atoms with van der Waals surface area (Å²) in [6.45, 7) is 5.69. The third kappa shape index (κ3) is 2.40. The highest BCUT2D eigenvalue weighted by Crippen LogP contribution is 2.15. The van der Waals surface area contributed by atoms with Gasteiger partial charge >= 0.3 is 0 Å². The topological polar surface area (TPSA) is 95.1 Å². The molecule has 3 N–H and O–H groups in total. The molecule has 1 aromatic rings. The molecule has 6 heteroatoms. The van der Waals surface area contributed by atoms with Gasteiger partial charge in [0.2, 0.25) is 0 Å². The van der Waals surface area contributed by atoms with Gasteiger partial charge in [0.1, 0.15) is 11.6 Å². The van der Waals surface area contributed by atoms with Crippen LogP contribution in [-0.4, -0.2) is 30.8 Å². The number of anilines is 1. The standard InChI is InChI=1S/C14H18N4O2/c1-3-10-12(7-16)17-14(19)11(6-15)13(10)18-4-5-20-9(2)8-18/h3,7,9H,4-5,8,16H2,1-2H3,(H,17,19)/b10-3+,12-7+/t9-/m1/s1. The second kappa shape index (κ2) is 5.80. The van der Waals surface area contributed by atoms with Crippen molar-refractivity contribution in [3.05, 3.63) is 26.5 Å².